The van der Waals surface area contributed by atoms with Gasteiger partial charge in [0.25, 0.3) is 0 Å². The fraction of sp³-hybridized carbons (Fsp3) is 0.286. The maximum absolute atomic E-state index is 15.1. The number of carbonyl (C=O) groups excluding carboxylic acids is 2. The summed E-state index contributed by atoms with van der Waals surface area (Å²) >= 11 is 0. The van der Waals surface area contributed by atoms with Gasteiger partial charge in [-0.1, -0.05) is 12.1 Å². The fourth-order valence-corrected chi connectivity index (χ4v) is 6.32. The number of halogens is 5. The van der Waals surface area contributed by atoms with Gasteiger partial charge in [0.1, 0.15) is 17.3 Å². The van der Waals surface area contributed by atoms with Gasteiger partial charge in [-0.2, -0.15) is 13.2 Å². The number of alkyl halides is 3. The fourth-order valence-electron chi connectivity index (χ4n) is 6.32. The highest BCUT2D eigenvalue weighted by molar-refractivity contribution is 6.09. The van der Waals surface area contributed by atoms with Crippen molar-refractivity contribution in [2.45, 2.75) is 44.0 Å². The van der Waals surface area contributed by atoms with Crippen LogP contribution in [0.25, 0.3) is 27.7 Å². The second-order valence-corrected chi connectivity index (χ2v) is 12.0. The number of aromatic nitrogens is 3. The van der Waals surface area contributed by atoms with E-state index in [1.165, 1.54) is 48.0 Å². The van der Waals surface area contributed by atoms with Crippen LogP contribution in [0.2, 0.25) is 0 Å². The van der Waals surface area contributed by atoms with Crippen molar-refractivity contribution in [2.24, 2.45) is 7.05 Å². The number of hydrogen-bond acceptors (Lipinski definition) is 5. The third-order valence-electron chi connectivity index (χ3n) is 8.92. The Kier molecular flexibility index (Phi) is 9.27. The summed E-state index contributed by atoms with van der Waals surface area (Å²) in [5.74, 6) is -3.93. The molecule has 0 radical (unpaired) electrons. The molecule has 1 saturated carbocycles. The summed E-state index contributed by atoms with van der Waals surface area (Å²) in [6.45, 7) is 0.388. The lowest BCUT2D eigenvalue weighted by atomic mass is 9.93. The molecule has 3 aromatic heterocycles. The lowest BCUT2D eigenvalue weighted by molar-refractivity contribution is -0.137. The van der Waals surface area contributed by atoms with Crippen LogP contribution in [0.15, 0.2) is 71.7 Å². The van der Waals surface area contributed by atoms with Crippen LogP contribution in [-0.2, 0) is 22.8 Å². The number of nitrogens with zero attached hydrogens (tertiary/aromatic N) is 2. The van der Waals surface area contributed by atoms with Crippen LogP contribution in [0.3, 0.4) is 0 Å². The van der Waals surface area contributed by atoms with Crippen LogP contribution in [0.5, 0.6) is 0 Å². The van der Waals surface area contributed by atoms with E-state index in [0.717, 1.165) is 54.5 Å². The first-order valence-corrected chi connectivity index (χ1v) is 15.5. The number of imidazole rings is 1. The molecule has 14 heteroatoms. The van der Waals surface area contributed by atoms with Crippen molar-refractivity contribution in [1.29, 1.82) is 0 Å². The van der Waals surface area contributed by atoms with Crippen molar-refractivity contribution in [1.82, 2.24) is 19.3 Å². The quantitative estimate of drug-likeness (QED) is 0.0954. The maximum Gasteiger partial charge on any atom is 0.417 e. The molecular formula is C35H32F5N5O4. The predicted octanol–water partition coefficient (Wildman–Crippen LogP) is 6.36. The van der Waals surface area contributed by atoms with Crippen LogP contribution < -0.4 is 16.3 Å². The summed E-state index contributed by atoms with van der Waals surface area (Å²) in [7, 11) is 3.04. The standard InChI is InChI=1S/C35H32F5N5O4/c1-44-30-18-24(35(38,39)40)23(17-27(30)42-34(44)48)22-5-4-14-45-28(22)11-12-29(45)33(47)19-15-25(36)32(26(37)16-19)43-31(46)6-3-13-41-20-7-9-21(49-2)10-8-20/h3-6,11-12,14-18,20-21,41H,7-10,13H2,1-2H3,(H,42,48)(H,43,46)/b6-3+. The lowest BCUT2D eigenvalue weighted by Gasteiger charge is -2.27. The Morgan fingerprint density at radius 1 is 1.00 bits per heavy atom. The van der Waals surface area contributed by atoms with Gasteiger partial charge in [-0.25, -0.2) is 13.6 Å². The highest BCUT2D eigenvalue weighted by atomic mass is 19.4. The molecule has 0 spiro atoms. The van der Waals surface area contributed by atoms with Crippen LogP contribution in [0.1, 0.15) is 47.3 Å². The molecule has 3 N–H and O–H groups in total. The van der Waals surface area contributed by atoms with Gasteiger partial charge in [0.05, 0.1) is 33.9 Å². The number of aryl methyl sites for hydroxylation is 1. The van der Waals surface area contributed by atoms with Crippen LogP contribution >= 0.6 is 0 Å². The first kappa shape index (κ1) is 33.8. The van der Waals surface area contributed by atoms with Gasteiger partial charge >= 0.3 is 11.9 Å². The summed E-state index contributed by atoms with van der Waals surface area (Å²) in [4.78, 5) is 40.5. The molecule has 1 amide bonds. The molecule has 0 saturated heterocycles. The molecule has 0 unspecified atom stereocenters. The molecule has 0 aliphatic heterocycles. The smallest absolute Gasteiger partial charge is 0.381 e. The SMILES string of the molecule is COC1CCC(NC/C=C/C(=O)Nc2c(F)cc(C(=O)c3ccc4c(-c5cc6[nH]c(=O)n(C)c6cc5C(F)(F)F)cccn34)cc2F)CC1. The normalized spacial score (nSPS) is 17.0. The van der Waals surface area contributed by atoms with Crippen molar-refractivity contribution in [3.63, 3.8) is 0 Å². The molecule has 1 aliphatic rings. The van der Waals surface area contributed by atoms with Crippen LogP contribution in [-0.4, -0.2) is 51.4 Å². The average Bonchev–Trinajstić information content (AvgIpc) is 3.63. The number of ether oxygens (including phenoxy) is 1. The van der Waals surface area contributed by atoms with E-state index in [4.69, 9.17) is 4.74 Å². The minimum Gasteiger partial charge on any atom is -0.381 e. The molecule has 0 atom stereocenters. The summed E-state index contributed by atoms with van der Waals surface area (Å²) < 4.78 is 80.7. The summed E-state index contributed by atoms with van der Waals surface area (Å²) in [6.07, 6.45) is 3.38. The van der Waals surface area contributed by atoms with E-state index in [9.17, 15) is 27.6 Å². The molecule has 1 fully saturated rings. The van der Waals surface area contributed by atoms with E-state index >= 15 is 8.78 Å². The molecule has 49 heavy (non-hydrogen) atoms. The number of ketones is 1. The second kappa shape index (κ2) is 13.4. The van der Waals surface area contributed by atoms with E-state index in [1.807, 2.05) is 0 Å². The highest BCUT2D eigenvalue weighted by Gasteiger charge is 2.35. The predicted molar refractivity (Wildman–Crippen MR) is 174 cm³/mol. The monoisotopic (exact) mass is 681 g/mol. The van der Waals surface area contributed by atoms with E-state index in [2.05, 4.69) is 15.6 Å². The van der Waals surface area contributed by atoms with Crippen molar-refractivity contribution in [2.75, 3.05) is 19.0 Å². The van der Waals surface area contributed by atoms with Gasteiger partial charge in [-0.3, -0.25) is 14.2 Å². The molecule has 2 aromatic carbocycles. The minimum atomic E-state index is -4.78. The molecular weight excluding hydrogens is 649 g/mol. The van der Waals surface area contributed by atoms with Gasteiger partial charge in [0.2, 0.25) is 11.7 Å². The Balaban J connectivity index is 1.22. The third kappa shape index (κ3) is 6.78. The van der Waals surface area contributed by atoms with Crippen LogP contribution in [0.4, 0.5) is 27.6 Å². The molecule has 3 heterocycles. The van der Waals surface area contributed by atoms with Gasteiger partial charge in [0.15, 0.2) is 0 Å². The summed E-state index contributed by atoms with van der Waals surface area (Å²) in [5.41, 5.74) is -2.41. The number of anilines is 1. The Hall–Kier alpha value is -5.08. The Morgan fingerprint density at radius 2 is 1.71 bits per heavy atom. The topological polar surface area (TPSA) is 110 Å². The third-order valence-corrected chi connectivity index (χ3v) is 8.92. The Labute approximate surface area is 276 Å². The number of methoxy groups -OCH3 is 1. The lowest BCUT2D eigenvalue weighted by Crippen LogP contribution is -2.35. The van der Waals surface area contributed by atoms with Crippen molar-refractivity contribution >= 4 is 33.9 Å². The first-order valence-electron chi connectivity index (χ1n) is 15.5. The molecule has 0 bridgehead atoms. The van der Waals surface area contributed by atoms with Gasteiger partial charge in [-0.05, 0) is 73.7 Å². The molecule has 1 aliphatic carbocycles. The number of H-pyrrole nitrogens is 1. The number of pyridine rings is 1. The zero-order valence-corrected chi connectivity index (χ0v) is 26.5. The molecule has 9 nitrogen and oxygen atoms in total. The van der Waals surface area contributed by atoms with Gasteiger partial charge in [-0.15, -0.1) is 0 Å². The van der Waals surface area contributed by atoms with Crippen molar-refractivity contribution in [3.05, 3.63) is 106 Å². The minimum absolute atomic E-state index is 0.0620. The van der Waals surface area contributed by atoms with E-state index in [0.29, 0.717) is 6.54 Å². The van der Waals surface area contributed by atoms with Gasteiger partial charge < -0.3 is 24.8 Å². The molecule has 256 valence electrons. The Morgan fingerprint density at radius 3 is 2.39 bits per heavy atom. The summed E-state index contributed by atoms with van der Waals surface area (Å²) in [6, 6.07) is 9.60. The second-order valence-electron chi connectivity index (χ2n) is 12.0. The molecule has 6 rings (SSSR count). The summed E-state index contributed by atoms with van der Waals surface area (Å²) in [5, 5.41) is 5.48. The van der Waals surface area contributed by atoms with E-state index in [-0.39, 0.29) is 51.1 Å². The van der Waals surface area contributed by atoms with Crippen LogP contribution in [0, 0.1) is 11.6 Å². The van der Waals surface area contributed by atoms with Crippen molar-refractivity contribution < 1.29 is 36.3 Å². The number of carbonyl (C=O) groups is 2. The zero-order valence-electron chi connectivity index (χ0n) is 26.5. The van der Waals surface area contributed by atoms with Crippen molar-refractivity contribution in [3.8, 4) is 11.1 Å². The number of fused-ring (bicyclic) bond motifs is 2. The Bertz CT molecular complexity index is 2130. The number of amides is 1. The number of rotatable bonds is 9. The van der Waals surface area contributed by atoms with Gasteiger partial charge in [0, 0.05) is 50.1 Å². The molecule has 5 aromatic rings. The zero-order chi connectivity index (χ0) is 35.0. The largest absolute Gasteiger partial charge is 0.417 e. The maximum atomic E-state index is 15.1. The first-order chi connectivity index (χ1) is 23.3. The van der Waals surface area contributed by atoms with E-state index < -0.39 is 46.4 Å². The average molecular weight is 682 g/mol. The highest BCUT2D eigenvalue weighted by Crippen LogP contribution is 2.41. The van der Waals surface area contributed by atoms with E-state index in [1.54, 1.807) is 13.2 Å². The number of aromatic amines is 1. The number of hydrogen-bond donors (Lipinski definition) is 3. The number of nitrogens with one attached hydrogen (secondary N) is 3. The number of benzene rings is 2.